The van der Waals surface area contributed by atoms with Crippen LogP contribution in [0.3, 0.4) is 0 Å². The van der Waals surface area contributed by atoms with E-state index in [9.17, 15) is 33.3 Å². The molecule has 0 saturated heterocycles. The van der Waals surface area contributed by atoms with E-state index >= 15 is 0 Å². The van der Waals surface area contributed by atoms with Crippen LogP contribution in [0.15, 0.2) is 41.2 Å². The first kappa shape index (κ1) is 14.7. The molecule has 0 aromatic heterocycles. The quantitative estimate of drug-likeness (QED) is 0.756. The molecule has 0 fully saturated rings. The standard InChI is InChI=1S/C14H9F3O4/c15-14(16,17)8-3-1-2-7(6-8)9-4-5-10(18)12(20)13(21)11(9)19/h1-6H,(H3,18,19,20,21). The van der Waals surface area contributed by atoms with Gasteiger partial charge in [-0.2, -0.15) is 13.2 Å². The van der Waals surface area contributed by atoms with E-state index in [1.807, 2.05) is 0 Å². The van der Waals surface area contributed by atoms with Crippen molar-refractivity contribution in [2.45, 2.75) is 6.18 Å². The molecule has 0 amide bonds. The predicted octanol–water partition coefficient (Wildman–Crippen LogP) is 2.85. The van der Waals surface area contributed by atoms with Gasteiger partial charge < -0.3 is 15.3 Å². The Balaban J connectivity index is 2.72. The van der Waals surface area contributed by atoms with Gasteiger partial charge in [0.2, 0.25) is 16.9 Å². The summed E-state index contributed by atoms with van der Waals surface area (Å²) in [7, 11) is 0. The van der Waals surface area contributed by atoms with Gasteiger partial charge in [0.15, 0.2) is 5.75 Å². The lowest BCUT2D eigenvalue weighted by Crippen LogP contribution is -2.04. The highest BCUT2D eigenvalue weighted by atomic mass is 19.4. The Morgan fingerprint density at radius 2 is 1.52 bits per heavy atom. The molecule has 2 aromatic carbocycles. The molecular formula is C14H9F3O4. The molecule has 0 atom stereocenters. The largest absolute Gasteiger partial charge is 0.504 e. The molecule has 0 radical (unpaired) electrons. The zero-order chi connectivity index (χ0) is 15.8. The molecule has 4 nitrogen and oxygen atoms in total. The van der Waals surface area contributed by atoms with Gasteiger partial charge >= 0.3 is 6.18 Å². The van der Waals surface area contributed by atoms with E-state index in [1.165, 1.54) is 6.07 Å². The highest BCUT2D eigenvalue weighted by molar-refractivity contribution is 5.74. The molecule has 0 bridgehead atoms. The number of alkyl halides is 3. The topological polar surface area (TPSA) is 77.8 Å². The first-order valence-electron chi connectivity index (χ1n) is 5.67. The lowest BCUT2D eigenvalue weighted by molar-refractivity contribution is -0.137. The van der Waals surface area contributed by atoms with Crippen LogP contribution in [0.2, 0.25) is 0 Å². The van der Waals surface area contributed by atoms with E-state index in [4.69, 9.17) is 0 Å². The summed E-state index contributed by atoms with van der Waals surface area (Å²) in [4.78, 5) is 11.3. The van der Waals surface area contributed by atoms with E-state index in [-0.39, 0.29) is 11.1 Å². The molecule has 0 aliphatic carbocycles. The van der Waals surface area contributed by atoms with Gasteiger partial charge in [0.25, 0.3) is 0 Å². The van der Waals surface area contributed by atoms with Gasteiger partial charge in [-0.3, -0.25) is 4.79 Å². The van der Waals surface area contributed by atoms with E-state index in [1.54, 1.807) is 0 Å². The Morgan fingerprint density at radius 3 is 2.14 bits per heavy atom. The van der Waals surface area contributed by atoms with Crippen LogP contribution in [0.4, 0.5) is 13.2 Å². The monoisotopic (exact) mass is 298 g/mol. The van der Waals surface area contributed by atoms with Gasteiger partial charge in [-0.25, -0.2) is 0 Å². The average Bonchev–Trinajstić information content (AvgIpc) is 2.52. The van der Waals surface area contributed by atoms with Crippen LogP contribution in [0.25, 0.3) is 11.1 Å². The Labute approximate surface area is 116 Å². The summed E-state index contributed by atoms with van der Waals surface area (Å²) < 4.78 is 38.0. The SMILES string of the molecule is O=c1ccc(-c2cccc(C(F)(F)F)c2)c(O)c(O)c1O. The molecule has 21 heavy (non-hydrogen) atoms. The highest BCUT2D eigenvalue weighted by Crippen LogP contribution is 2.40. The zero-order valence-electron chi connectivity index (χ0n) is 10.3. The number of aromatic hydroxyl groups is 3. The normalized spacial score (nSPS) is 11.4. The summed E-state index contributed by atoms with van der Waals surface area (Å²) in [6.07, 6.45) is -4.57. The molecule has 2 rings (SSSR count). The predicted molar refractivity (Wildman–Crippen MR) is 68.1 cm³/mol. The van der Waals surface area contributed by atoms with Gasteiger partial charge in [-0.1, -0.05) is 12.1 Å². The third kappa shape index (κ3) is 2.76. The van der Waals surface area contributed by atoms with Crippen LogP contribution in [0, 0.1) is 0 Å². The summed E-state index contributed by atoms with van der Waals surface area (Å²) in [5.41, 5.74) is -2.19. The maximum absolute atomic E-state index is 12.7. The molecule has 0 spiro atoms. The summed E-state index contributed by atoms with van der Waals surface area (Å²) in [6, 6.07) is 5.86. The van der Waals surface area contributed by atoms with Gasteiger partial charge in [0, 0.05) is 5.56 Å². The smallest absolute Gasteiger partial charge is 0.416 e. The number of benzene rings is 1. The number of hydrogen-bond donors (Lipinski definition) is 3. The molecule has 2 aromatic rings. The second kappa shape index (κ2) is 5.01. The van der Waals surface area contributed by atoms with Crippen LogP contribution >= 0.6 is 0 Å². The van der Waals surface area contributed by atoms with Crippen molar-refractivity contribution in [3.8, 4) is 28.4 Å². The number of rotatable bonds is 1. The fraction of sp³-hybridized carbons (Fsp3) is 0.0714. The van der Waals surface area contributed by atoms with Gasteiger partial charge in [-0.15, -0.1) is 0 Å². The molecule has 0 unspecified atom stereocenters. The third-order valence-electron chi connectivity index (χ3n) is 2.84. The lowest BCUT2D eigenvalue weighted by atomic mass is 10.0. The fourth-order valence-electron chi connectivity index (χ4n) is 1.77. The maximum atomic E-state index is 12.7. The Hall–Kier alpha value is -2.70. The minimum absolute atomic E-state index is 0.0624. The van der Waals surface area contributed by atoms with E-state index in [0.29, 0.717) is 0 Å². The highest BCUT2D eigenvalue weighted by Gasteiger charge is 2.30. The minimum atomic E-state index is -4.57. The molecular weight excluding hydrogens is 289 g/mol. The van der Waals surface area contributed by atoms with Crippen LogP contribution in [-0.4, -0.2) is 15.3 Å². The molecule has 110 valence electrons. The summed E-state index contributed by atoms with van der Waals surface area (Å²) >= 11 is 0. The van der Waals surface area contributed by atoms with E-state index in [0.717, 1.165) is 30.3 Å². The Kier molecular flexibility index (Phi) is 3.51. The summed E-state index contributed by atoms with van der Waals surface area (Å²) in [5, 5.41) is 28.6. The van der Waals surface area contributed by atoms with Crippen molar-refractivity contribution in [2.75, 3.05) is 0 Å². The van der Waals surface area contributed by atoms with Gasteiger partial charge in [0.05, 0.1) is 5.56 Å². The van der Waals surface area contributed by atoms with Crippen LogP contribution in [0.1, 0.15) is 5.56 Å². The van der Waals surface area contributed by atoms with E-state index in [2.05, 4.69) is 0 Å². The fourth-order valence-corrected chi connectivity index (χ4v) is 1.77. The molecule has 7 heteroatoms. The van der Waals surface area contributed by atoms with Crippen LogP contribution < -0.4 is 5.43 Å². The van der Waals surface area contributed by atoms with Crippen LogP contribution in [-0.2, 0) is 6.18 Å². The third-order valence-corrected chi connectivity index (χ3v) is 2.84. The van der Waals surface area contributed by atoms with Gasteiger partial charge in [0.1, 0.15) is 0 Å². The Morgan fingerprint density at radius 1 is 0.857 bits per heavy atom. The molecule has 0 saturated carbocycles. The van der Waals surface area contributed by atoms with Crippen molar-refractivity contribution in [1.82, 2.24) is 0 Å². The maximum Gasteiger partial charge on any atom is 0.416 e. The van der Waals surface area contributed by atoms with Gasteiger partial charge in [-0.05, 0) is 29.8 Å². The number of halogens is 3. The second-order valence-corrected chi connectivity index (χ2v) is 4.24. The summed E-state index contributed by atoms with van der Waals surface area (Å²) in [6.45, 7) is 0. The summed E-state index contributed by atoms with van der Waals surface area (Å²) in [5.74, 6) is -3.04. The molecule has 0 heterocycles. The lowest BCUT2D eigenvalue weighted by Gasteiger charge is -2.09. The van der Waals surface area contributed by atoms with Crippen molar-refractivity contribution in [2.24, 2.45) is 0 Å². The molecule has 0 aliphatic heterocycles. The second-order valence-electron chi connectivity index (χ2n) is 4.24. The minimum Gasteiger partial charge on any atom is -0.504 e. The van der Waals surface area contributed by atoms with E-state index < -0.39 is 34.4 Å². The van der Waals surface area contributed by atoms with Crippen molar-refractivity contribution in [3.05, 3.63) is 52.2 Å². The first-order valence-corrected chi connectivity index (χ1v) is 5.67. The molecule has 3 N–H and O–H groups in total. The van der Waals surface area contributed by atoms with Crippen molar-refractivity contribution in [1.29, 1.82) is 0 Å². The zero-order valence-corrected chi connectivity index (χ0v) is 10.3. The van der Waals surface area contributed by atoms with Crippen molar-refractivity contribution in [3.63, 3.8) is 0 Å². The number of hydrogen-bond acceptors (Lipinski definition) is 4. The Bertz CT molecular complexity index is 754. The van der Waals surface area contributed by atoms with Crippen LogP contribution in [0.5, 0.6) is 17.2 Å². The average molecular weight is 298 g/mol. The van der Waals surface area contributed by atoms with Crippen molar-refractivity contribution < 1.29 is 28.5 Å². The van der Waals surface area contributed by atoms with Crippen molar-refractivity contribution >= 4 is 0 Å². The first-order chi connectivity index (χ1) is 9.71. The molecule has 0 aliphatic rings.